The van der Waals surface area contributed by atoms with Gasteiger partial charge in [-0.05, 0) is 68.7 Å². The Balaban J connectivity index is 1.73. The van der Waals surface area contributed by atoms with Crippen molar-refractivity contribution in [3.05, 3.63) is 94.5 Å². The lowest BCUT2D eigenvalue weighted by atomic mass is 9.95. The van der Waals surface area contributed by atoms with Crippen LogP contribution in [-0.2, 0) is 32.3 Å². The zero-order valence-corrected chi connectivity index (χ0v) is 26.1. The molecule has 2 amide bonds. The molecule has 3 aromatic rings. The molecule has 1 aliphatic carbocycles. The summed E-state index contributed by atoms with van der Waals surface area (Å²) in [6.07, 6.45) is -0.0834. The lowest BCUT2D eigenvalue weighted by Crippen LogP contribution is -2.53. The highest BCUT2D eigenvalue weighted by atomic mass is 35.5. The van der Waals surface area contributed by atoms with Gasteiger partial charge in [0.2, 0.25) is 11.8 Å². The van der Waals surface area contributed by atoms with Gasteiger partial charge in [0.05, 0.1) is 16.1 Å². The molecule has 3 aromatic carbocycles. The molecule has 1 atom stereocenters. The van der Waals surface area contributed by atoms with Gasteiger partial charge in [-0.2, -0.15) is 13.2 Å². The van der Waals surface area contributed by atoms with Crippen LogP contribution in [0.3, 0.4) is 0 Å². The van der Waals surface area contributed by atoms with Crippen LogP contribution in [0.5, 0.6) is 0 Å². The number of anilines is 1. The average Bonchev–Trinajstić information content (AvgIpc) is 2.99. The summed E-state index contributed by atoms with van der Waals surface area (Å²) in [5.41, 5.74) is -0.119. The van der Waals surface area contributed by atoms with Gasteiger partial charge in [0.1, 0.15) is 12.6 Å². The fraction of sp³-hybridized carbons (Fsp3) is 0.375. The summed E-state index contributed by atoms with van der Waals surface area (Å²) in [5.74, 6) is -1.20. The molecule has 4 rings (SSSR count). The Morgan fingerprint density at radius 1 is 0.977 bits per heavy atom. The zero-order chi connectivity index (χ0) is 32.1. The fourth-order valence-electron chi connectivity index (χ4n) is 5.17. The molecular formula is C32H35ClF3N3O4S. The molecule has 1 saturated carbocycles. The van der Waals surface area contributed by atoms with Gasteiger partial charge in [-0.1, -0.05) is 72.8 Å². The number of benzene rings is 3. The predicted octanol–water partition coefficient (Wildman–Crippen LogP) is 6.73. The molecular weight excluding hydrogens is 615 g/mol. The number of aryl methyl sites for hydroxylation is 1. The smallest absolute Gasteiger partial charge is 0.352 e. The largest absolute Gasteiger partial charge is 0.416 e. The molecule has 0 saturated heterocycles. The van der Waals surface area contributed by atoms with Gasteiger partial charge in [-0.3, -0.25) is 13.9 Å². The molecule has 0 aliphatic heterocycles. The van der Waals surface area contributed by atoms with Crippen LogP contribution in [0, 0.1) is 6.92 Å². The maximum absolute atomic E-state index is 14.1. The first-order chi connectivity index (χ1) is 20.8. The highest BCUT2D eigenvalue weighted by Gasteiger charge is 2.35. The van der Waals surface area contributed by atoms with Crippen LogP contribution in [0.2, 0.25) is 5.02 Å². The molecule has 236 valence electrons. The number of alkyl halides is 3. The minimum atomic E-state index is -4.75. The Kier molecular flexibility index (Phi) is 10.6. The van der Waals surface area contributed by atoms with Gasteiger partial charge in [-0.25, -0.2) is 8.42 Å². The predicted molar refractivity (Wildman–Crippen MR) is 164 cm³/mol. The fourth-order valence-corrected chi connectivity index (χ4v) is 6.77. The highest BCUT2D eigenvalue weighted by Crippen LogP contribution is 2.33. The lowest BCUT2D eigenvalue weighted by molar-refractivity contribution is -0.139. The first kappa shape index (κ1) is 33.3. The third-order valence-electron chi connectivity index (χ3n) is 7.77. The van der Waals surface area contributed by atoms with E-state index in [9.17, 15) is 31.2 Å². The minimum Gasteiger partial charge on any atom is -0.352 e. The van der Waals surface area contributed by atoms with Gasteiger partial charge in [0.15, 0.2) is 0 Å². The van der Waals surface area contributed by atoms with E-state index >= 15 is 0 Å². The lowest BCUT2D eigenvalue weighted by Gasteiger charge is -2.33. The number of hydrogen-bond donors (Lipinski definition) is 1. The Hall–Kier alpha value is -3.57. The maximum atomic E-state index is 14.1. The average molecular weight is 650 g/mol. The van der Waals surface area contributed by atoms with Crippen LogP contribution in [0.4, 0.5) is 18.9 Å². The van der Waals surface area contributed by atoms with E-state index in [1.54, 1.807) is 43.3 Å². The number of carbonyl (C=O) groups is 2. The first-order valence-electron chi connectivity index (χ1n) is 14.4. The van der Waals surface area contributed by atoms with E-state index in [2.05, 4.69) is 5.32 Å². The third kappa shape index (κ3) is 8.12. The van der Waals surface area contributed by atoms with Gasteiger partial charge in [0.25, 0.3) is 10.0 Å². The van der Waals surface area contributed by atoms with Crippen molar-refractivity contribution in [3.63, 3.8) is 0 Å². The maximum Gasteiger partial charge on any atom is 0.416 e. The molecule has 12 heteroatoms. The topological polar surface area (TPSA) is 86.8 Å². The molecule has 0 radical (unpaired) electrons. The molecule has 44 heavy (non-hydrogen) atoms. The molecule has 1 unspecified atom stereocenters. The van der Waals surface area contributed by atoms with Crippen LogP contribution >= 0.6 is 11.6 Å². The number of sulfonamides is 1. The van der Waals surface area contributed by atoms with Crippen LogP contribution in [0.15, 0.2) is 77.7 Å². The van der Waals surface area contributed by atoms with Crippen molar-refractivity contribution < 1.29 is 31.2 Å². The van der Waals surface area contributed by atoms with Gasteiger partial charge >= 0.3 is 6.18 Å². The summed E-state index contributed by atoms with van der Waals surface area (Å²) < 4.78 is 69.4. The van der Waals surface area contributed by atoms with Crippen molar-refractivity contribution >= 4 is 39.1 Å². The number of carbonyl (C=O) groups excluding carboxylic acids is 2. The molecule has 0 spiro atoms. The van der Waals surface area contributed by atoms with Gasteiger partial charge in [0, 0.05) is 17.6 Å². The second kappa shape index (κ2) is 14.0. The first-order valence-corrected chi connectivity index (χ1v) is 16.2. The number of nitrogens with one attached hydrogen (secondary N) is 1. The summed E-state index contributed by atoms with van der Waals surface area (Å²) in [7, 11) is -4.52. The van der Waals surface area contributed by atoms with E-state index in [4.69, 9.17) is 11.6 Å². The number of hydrogen-bond acceptors (Lipinski definition) is 4. The Labute approximate surface area is 261 Å². The van der Waals surface area contributed by atoms with Crippen LogP contribution < -0.4 is 9.62 Å². The van der Waals surface area contributed by atoms with Crippen molar-refractivity contribution in [3.8, 4) is 0 Å². The zero-order valence-electron chi connectivity index (χ0n) is 24.5. The van der Waals surface area contributed by atoms with Crippen LogP contribution in [0.1, 0.15) is 55.7 Å². The number of amides is 2. The van der Waals surface area contributed by atoms with E-state index in [0.717, 1.165) is 49.8 Å². The molecule has 0 bridgehead atoms. The summed E-state index contributed by atoms with van der Waals surface area (Å²) >= 11 is 6.39. The third-order valence-corrected chi connectivity index (χ3v) is 9.92. The molecule has 7 nitrogen and oxygen atoms in total. The second-order valence-corrected chi connectivity index (χ2v) is 13.3. The minimum absolute atomic E-state index is 0.0421. The van der Waals surface area contributed by atoms with E-state index in [1.807, 2.05) is 0 Å². The van der Waals surface area contributed by atoms with Crippen molar-refractivity contribution in [1.82, 2.24) is 10.2 Å². The number of nitrogens with zero attached hydrogens (tertiary/aromatic N) is 2. The van der Waals surface area contributed by atoms with Crippen molar-refractivity contribution in [2.24, 2.45) is 0 Å². The van der Waals surface area contributed by atoms with E-state index < -0.39 is 46.2 Å². The summed E-state index contributed by atoms with van der Waals surface area (Å²) in [6, 6.07) is 15.2. The van der Waals surface area contributed by atoms with Crippen molar-refractivity contribution in [2.45, 2.75) is 75.7 Å². The normalized spacial score (nSPS) is 15.0. The summed E-state index contributed by atoms with van der Waals surface area (Å²) in [5, 5.41) is 3.34. The van der Waals surface area contributed by atoms with Crippen LogP contribution in [-0.4, -0.2) is 43.8 Å². The highest BCUT2D eigenvalue weighted by molar-refractivity contribution is 7.92. The molecule has 1 N–H and O–H groups in total. The summed E-state index contributed by atoms with van der Waals surface area (Å²) in [4.78, 5) is 28.5. The summed E-state index contributed by atoms with van der Waals surface area (Å²) in [6.45, 7) is 2.31. The molecule has 1 aliphatic rings. The van der Waals surface area contributed by atoms with Crippen LogP contribution in [0.25, 0.3) is 0 Å². The van der Waals surface area contributed by atoms with Gasteiger partial charge in [-0.15, -0.1) is 0 Å². The monoisotopic (exact) mass is 649 g/mol. The Morgan fingerprint density at radius 2 is 1.64 bits per heavy atom. The van der Waals surface area contributed by atoms with Crippen molar-refractivity contribution in [1.29, 1.82) is 0 Å². The Bertz CT molecular complexity index is 1580. The standard InChI is InChI=1S/C32H35ClF3N3O4S/c1-22-15-17-28(18-16-22)44(42,43)39(27-13-8-10-25(19-27)32(34,35)36)21-30(40)38(20-24-9-6-7-14-29(24)33)23(2)31(41)37-26-11-4-3-5-12-26/h6-10,13-19,23,26H,3-5,11-12,20-21H2,1-2H3,(H,37,41). The molecule has 1 fully saturated rings. The van der Waals surface area contributed by atoms with Gasteiger partial charge < -0.3 is 10.2 Å². The quantitative estimate of drug-likeness (QED) is 0.264. The number of rotatable bonds is 10. The SMILES string of the molecule is Cc1ccc(S(=O)(=O)N(CC(=O)N(Cc2ccccc2Cl)C(C)C(=O)NC2CCCCC2)c2cccc(C(F)(F)F)c2)cc1. The second-order valence-electron chi connectivity index (χ2n) is 11.0. The van der Waals surface area contributed by atoms with E-state index in [0.29, 0.717) is 21.0 Å². The van der Waals surface area contributed by atoms with E-state index in [-0.39, 0.29) is 23.2 Å². The molecule has 0 heterocycles. The number of halogens is 4. The van der Waals surface area contributed by atoms with Crippen molar-refractivity contribution in [2.75, 3.05) is 10.8 Å². The molecule has 0 aromatic heterocycles. The Morgan fingerprint density at radius 3 is 2.27 bits per heavy atom. The van der Waals surface area contributed by atoms with E-state index in [1.165, 1.54) is 30.0 Å².